The number of furan rings is 1. The highest BCUT2D eigenvalue weighted by atomic mass is 16.3. The number of nitrogens with zero attached hydrogens (tertiary/aromatic N) is 3. The fourth-order valence-corrected chi connectivity index (χ4v) is 7.53. The molecule has 0 aliphatic rings. The molecule has 0 saturated heterocycles. The van der Waals surface area contributed by atoms with Crippen LogP contribution in [0.2, 0.25) is 0 Å². The molecule has 10 rings (SSSR count). The van der Waals surface area contributed by atoms with Gasteiger partial charge in [0, 0.05) is 45.1 Å². The van der Waals surface area contributed by atoms with Crippen LogP contribution < -0.4 is 4.90 Å². The lowest BCUT2D eigenvalue weighted by Gasteiger charge is -2.26. The first kappa shape index (κ1) is 29.0. The van der Waals surface area contributed by atoms with Gasteiger partial charge in [-0.05, 0) is 95.1 Å². The van der Waals surface area contributed by atoms with E-state index in [0.717, 1.165) is 50.2 Å². The highest BCUT2D eigenvalue weighted by Gasteiger charge is 2.17. The first-order valence-electron chi connectivity index (χ1n) is 17.2. The Morgan fingerprint density at radius 1 is 0.451 bits per heavy atom. The molecule has 0 aliphatic heterocycles. The number of pyridine rings is 1. The molecular formula is C47H31N3O. The quantitative estimate of drug-likeness (QED) is 0.179. The molecule has 51 heavy (non-hydrogen) atoms. The van der Waals surface area contributed by atoms with Crippen LogP contribution in [0.25, 0.3) is 71.8 Å². The van der Waals surface area contributed by atoms with Crippen molar-refractivity contribution in [3.05, 3.63) is 188 Å². The molecule has 0 amide bonds. The van der Waals surface area contributed by atoms with E-state index in [1.807, 2.05) is 24.4 Å². The van der Waals surface area contributed by atoms with Crippen molar-refractivity contribution in [2.24, 2.45) is 0 Å². The lowest BCUT2D eigenvalue weighted by atomic mass is 10.0. The van der Waals surface area contributed by atoms with Crippen molar-refractivity contribution in [1.82, 2.24) is 9.55 Å². The maximum absolute atomic E-state index is 6.07. The van der Waals surface area contributed by atoms with Crippen LogP contribution >= 0.6 is 0 Å². The molecule has 10 aromatic rings. The highest BCUT2D eigenvalue weighted by molar-refractivity contribution is 6.11. The molecule has 0 aliphatic carbocycles. The molecule has 0 N–H and O–H groups in total. The van der Waals surface area contributed by atoms with Crippen molar-refractivity contribution in [2.75, 3.05) is 4.90 Å². The van der Waals surface area contributed by atoms with E-state index in [4.69, 9.17) is 4.42 Å². The minimum atomic E-state index is 0.657. The van der Waals surface area contributed by atoms with E-state index < -0.39 is 0 Å². The van der Waals surface area contributed by atoms with Crippen molar-refractivity contribution in [3.8, 4) is 27.9 Å². The Kier molecular flexibility index (Phi) is 6.78. The Bertz CT molecular complexity index is 2800. The number of hydrogen-bond acceptors (Lipinski definition) is 3. The lowest BCUT2D eigenvalue weighted by Crippen LogP contribution is -2.09. The summed E-state index contributed by atoms with van der Waals surface area (Å²) in [6.45, 7) is 0. The Balaban J connectivity index is 1.02. The van der Waals surface area contributed by atoms with Gasteiger partial charge >= 0.3 is 0 Å². The van der Waals surface area contributed by atoms with E-state index in [1.165, 1.54) is 32.9 Å². The van der Waals surface area contributed by atoms with Crippen molar-refractivity contribution in [1.29, 1.82) is 0 Å². The normalized spacial score (nSPS) is 11.5. The largest absolute Gasteiger partial charge is 0.438 e. The van der Waals surface area contributed by atoms with Crippen molar-refractivity contribution in [3.63, 3.8) is 0 Å². The van der Waals surface area contributed by atoms with Gasteiger partial charge in [0.25, 0.3) is 0 Å². The van der Waals surface area contributed by atoms with Crippen LogP contribution in [0.1, 0.15) is 0 Å². The minimum absolute atomic E-state index is 0.657. The summed E-state index contributed by atoms with van der Waals surface area (Å²) in [5.41, 5.74) is 12.9. The Hall–Kier alpha value is -6.91. The van der Waals surface area contributed by atoms with E-state index in [-0.39, 0.29) is 0 Å². The average Bonchev–Trinajstić information content (AvgIpc) is 3.75. The smallest absolute Gasteiger partial charge is 0.227 e. The fourth-order valence-electron chi connectivity index (χ4n) is 7.53. The van der Waals surface area contributed by atoms with Gasteiger partial charge in [0.15, 0.2) is 0 Å². The monoisotopic (exact) mass is 653 g/mol. The number of benzene rings is 7. The molecular weight excluding hydrogens is 623 g/mol. The van der Waals surface area contributed by atoms with Gasteiger partial charge in [0.2, 0.25) is 5.71 Å². The lowest BCUT2D eigenvalue weighted by molar-refractivity contribution is 0.654. The van der Waals surface area contributed by atoms with Crippen LogP contribution in [0.3, 0.4) is 0 Å². The Morgan fingerprint density at radius 2 is 1.04 bits per heavy atom. The first-order valence-corrected chi connectivity index (χ1v) is 17.2. The number of fused-ring (bicyclic) bond motifs is 6. The molecule has 4 nitrogen and oxygen atoms in total. The summed E-state index contributed by atoms with van der Waals surface area (Å²) >= 11 is 0. The van der Waals surface area contributed by atoms with Crippen LogP contribution in [0.5, 0.6) is 0 Å². The second-order valence-corrected chi connectivity index (χ2v) is 12.8. The highest BCUT2D eigenvalue weighted by Crippen LogP contribution is 2.40. The van der Waals surface area contributed by atoms with Crippen molar-refractivity contribution in [2.45, 2.75) is 0 Å². The van der Waals surface area contributed by atoms with Gasteiger partial charge in [0.05, 0.1) is 16.4 Å². The van der Waals surface area contributed by atoms with Gasteiger partial charge in [-0.3, -0.25) is 0 Å². The van der Waals surface area contributed by atoms with Gasteiger partial charge in [-0.2, -0.15) is 0 Å². The molecule has 0 unspecified atom stereocenters. The number of rotatable bonds is 6. The molecule has 0 spiro atoms. The van der Waals surface area contributed by atoms with E-state index in [0.29, 0.717) is 5.71 Å². The number of para-hydroxylation sites is 4. The van der Waals surface area contributed by atoms with Crippen LogP contribution in [0, 0.1) is 0 Å². The standard InChI is InChI=1S/C47H31N3O/c1-2-12-35(13-3-1)49(37-27-23-33(24-28-37)39-29-30-48-47-46(39)42-17-6-9-20-45(42)51-47)36-25-21-32(22-26-36)34-11-10-14-38(31-34)50-43-18-7-4-15-40(43)41-16-5-8-19-44(41)50/h1-31H. The second-order valence-electron chi connectivity index (χ2n) is 12.8. The zero-order chi connectivity index (χ0) is 33.7. The summed E-state index contributed by atoms with van der Waals surface area (Å²) in [6.07, 6.45) is 1.82. The van der Waals surface area contributed by atoms with Crippen molar-refractivity contribution >= 4 is 60.9 Å². The van der Waals surface area contributed by atoms with Gasteiger partial charge in [0.1, 0.15) is 5.58 Å². The van der Waals surface area contributed by atoms with Gasteiger partial charge in [-0.25, -0.2) is 4.98 Å². The molecule has 0 saturated carbocycles. The molecule has 0 fully saturated rings. The average molecular weight is 654 g/mol. The van der Waals surface area contributed by atoms with Gasteiger partial charge in [-0.15, -0.1) is 0 Å². The number of hydrogen-bond donors (Lipinski definition) is 0. The van der Waals surface area contributed by atoms with E-state index >= 15 is 0 Å². The number of anilines is 3. The van der Waals surface area contributed by atoms with Crippen LogP contribution in [0.4, 0.5) is 17.1 Å². The third kappa shape index (κ3) is 4.88. The minimum Gasteiger partial charge on any atom is -0.438 e. The molecule has 0 radical (unpaired) electrons. The molecule has 4 heteroatoms. The summed E-state index contributed by atoms with van der Waals surface area (Å²) in [6, 6.07) is 64.5. The third-order valence-corrected chi connectivity index (χ3v) is 9.87. The van der Waals surface area contributed by atoms with Crippen LogP contribution in [-0.4, -0.2) is 9.55 Å². The fraction of sp³-hybridized carbons (Fsp3) is 0. The molecule has 0 bridgehead atoms. The predicted octanol–water partition coefficient (Wildman–Crippen LogP) is 12.9. The maximum Gasteiger partial charge on any atom is 0.227 e. The maximum atomic E-state index is 6.07. The molecule has 7 aromatic carbocycles. The summed E-state index contributed by atoms with van der Waals surface area (Å²) in [5, 5.41) is 4.65. The summed E-state index contributed by atoms with van der Waals surface area (Å²) < 4.78 is 8.44. The molecule has 3 aromatic heterocycles. The van der Waals surface area contributed by atoms with Gasteiger partial charge < -0.3 is 13.9 Å². The summed E-state index contributed by atoms with van der Waals surface area (Å²) in [4.78, 5) is 6.83. The van der Waals surface area contributed by atoms with E-state index in [2.05, 4.69) is 178 Å². The van der Waals surface area contributed by atoms with E-state index in [9.17, 15) is 0 Å². The van der Waals surface area contributed by atoms with Crippen LogP contribution in [-0.2, 0) is 0 Å². The second kappa shape index (κ2) is 11.9. The number of aromatic nitrogens is 2. The third-order valence-electron chi connectivity index (χ3n) is 9.87. The molecule has 3 heterocycles. The van der Waals surface area contributed by atoms with Gasteiger partial charge in [-0.1, -0.05) is 109 Å². The first-order chi connectivity index (χ1) is 25.3. The van der Waals surface area contributed by atoms with Crippen LogP contribution in [0.15, 0.2) is 193 Å². The molecule has 0 atom stereocenters. The zero-order valence-corrected chi connectivity index (χ0v) is 27.6. The zero-order valence-electron chi connectivity index (χ0n) is 27.6. The topological polar surface area (TPSA) is 34.2 Å². The van der Waals surface area contributed by atoms with E-state index in [1.54, 1.807) is 0 Å². The molecule has 240 valence electrons. The SMILES string of the molecule is c1ccc(N(c2ccc(-c3cccc(-n4c5ccccc5c5ccccc54)c3)cc2)c2ccc(-c3ccnc4oc5ccccc5c34)cc2)cc1. The summed E-state index contributed by atoms with van der Waals surface area (Å²) in [5.74, 6) is 0. The summed E-state index contributed by atoms with van der Waals surface area (Å²) in [7, 11) is 0. The Labute approximate surface area is 295 Å². The predicted molar refractivity (Wildman–Crippen MR) is 211 cm³/mol. The Morgan fingerprint density at radius 3 is 1.75 bits per heavy atom. The van der Waals surface area contributed by atoms with Crippen molar-refractivity contribution < 1.29 is 4.42 Å².